The van der Waals surface area contributed by atoms with Gasteiger partial charge >= 0.3 is 0 Å². The van der Waals surface area contributed by atoms with Crippen molar-refractivity contribution < 1.29 is 34.4 Å². The Hall–Kier alpha value is -2.90. The van der Waals surface area contributed by atoms with Gasteiger partial charge in [0.25, 0.3) is 12.2 Å². The lowest BCUT2D eigenvalue weighted by Gasteiger charge is -2.38. The van der Waals surface area contributed by atoms with Crippen LogP contribution in [0.15, 0.2) is 40.9 Å². The van der Waals surface area contributed by atoms with Gasteiger partial charge in [0.05, 0.1) is 6.61 Å². The second-order valence-corrected chi connectivity index (χ2v) is 6.09. The Morgan fingerprint density at radius 2 is 1.71 bits per heavy atom. The molecule has 1 fully saturated rings. The second kappa shape index (κ2) is 7.61. The first kappa shape index (κ1) is 18.5. The Morgan fingerprint density at radius 3 is 2.46 bits per heavy atom. The Bertz CT molecular complexity index is 915. The van der Waals surface area contributed by atoms with Gasteiger partial charge in [-0.05, 0) is 17.3 Å². The molecular weight excluding hydrogens is 374 g/mol. The van der Waals surface area contributed by atoms with Crippen molar-refractivity contribution in [2.45, 2.75) is 30.7 Å². The fraction of sp³-hybridized carbons (Fsp3) is 0.375. The summed E-state index contributed by atoms with van der Waals surface area (Å²) in [6, 6.07) is 9.17. The van der Waals surface area contributed by atoms with Gasteiger partial charge in [0.15, 0.2) is 5.69 Å². The lowest BCUT2D eigenvalue weighted by Crippen LogP contribution is -2.61. The Kier molecular flexibility index (Phi) is 5.02. The molecule has 3 aromatic rings. The van der Waals surface area contributed by atoms with Crippen LogP contribution in [-0.4, -0.2) is 83.1 Å². The van der Waals surface area contributed by atoms with Gasteiger partial charge in [-0.2, -0.15) is 0 Å². The second-order valence-electron chi connectivity index (χ2n) is 6.09. The van der Waals surface area contributed by atoms with E-state index in [-0.39, 0.29) is 11.6 Å². The van der Waals surface area contributed by atoms with Crippen molar-refractivity contribution >= 4 is 0 Å². The molecule has 1 saturated heterocycles. The van der Waals surface area contributed by atoms with Gasteiger partial charge in [-0.1, -0.05) is 23.0 Å². The Labute approximate surface area is 157 Å². The zero-order valence-electron chi connectivity index (χ0n) is 14.3. The fourth-order valence-corrected chi connectivity index (χ4v) is 2.68. The molecule has 1 aromatic carbocycles. The maximum atomic E-state index is 9.99. The molecule has 3 heterocycles. The van der Waals surface area contributed by atoms with Crippen LogP contribution < -0.4 is 4.84 Å². The zero-order valence-corrected chi connectivity index (χ0v) is 14.3. The van der Waals surface area contributed by atoms with Crippen LogP contribution in [0.5, 0.6) is 0 Å². The van der Waals surface area contributed by atoms with E-state index in [0.29, 0.717) is 5.89 Å². The van der Waals surface area contributed by atoms with Gasteiger partial charge in [0.2, 0.25) is 5.89 Å². The molecule has 0 amide bonds. The summed E-state index contributed by atoms with van der Waals surface area (Å²) >= 11 is 0. The summed E-state index contributed by atoms with van der Waals surface area (Å²) in [5, 5.41) is 54.2. The summed E-state index contributed by atoms with van der Waals surface area (Å²) < 4.78 is 10.8. The third-order valence-electron chi connectivity index (χ3n) is 4.20. The smallest absolute Gasteiger partial charge is 0.270 e. The number of aliphatic hydroxyl groups excluding tert-OH is 4. The van der Waals surface area contributed by atoms with E-state index in [4.69, 9.17) is 14.0 Å². The van der Waals surface area contributed by atoms with Crippen LogP contribution >= 0.6 is 0 Å². The molecule has 0 bridgehead atoms. The van der Waals surface area contributed by atoms with Crippen LogP contribution in [0.2, 0.25) is 0 Å². The minimum Gasteiger partial charge on any atom is -0.414 e. The largest absolute Gasteiger partial charge is 0.414 e. The minimum atomic E-state index is -1.57. The number of hydrogen-bond donors (Lipinski definition) is 4. The van der Waals surface area contributed by atoms with Gasteiger partial charge in [-0.25, -0.2) is 0 Å². The molecule has 5 atom stereocenters. The van der Waals surface area contributed by atoms with E-state index >= 15 is 0 Å². The van der Waals surface area contributed by atoms with E-state index in [1.807, 2.05) is 30.3 Å². The Morgan fingerprint density at radius 1 is 0.964 bits per heavy atom. The van der Waals surface area contributed by atoms with Gasteiger partial charge in [0, 0.05) is 5.56 Å². The first-order valence-electron chi connectivity index (χ1n) is 8.36. The molecule has 0 unspecified atom stereocenters. The van der Waals surface area contributed by atoms with Crippen molar-refractivity contribution in [1.82, 2.24) is 25.4 Å². The summed E-state index contributed by atoms with van der Waals surface area (Å²) in [5.74, 6) is 0.405. The third kappa shape index (κ3) is 3.46. The summed E-state index contributed by atoms with van der Waals surface area (Å²) in [6.07, 6.45) is -5.81. The first-order chi connectivity index (χ1) is 13.6. The number of benzene rings is 1. The van der Waals surface area contributed by atoms with Crippen molar-refractivity contribution in [3.05, 3.63) is 36.5 Å². The quantitative estimate of drug-likeness (QED) is 0.388. The maximum absolute atomic E-state index is 9.99. The highest BCUT2D eigenvalue weighted by molar-refractivity contribution is 5.54. The molecule has 0 saturated carbocycles. The standard InChI is InChI=1S/C16H17N5O7/c22-7-10-11(23)12(24)13(25)16(26-10)28-21-6-9(17-20-21)15-19-18-14(27-15)8-4-2-1-3-5-8/h1-6,10-13,16,22-25H,7H2/t10-,11-,12+,13-,16+/m1/s1. The van der Waals surface area contributed by atoms with E-state index < -0.39 is 37.3 Å². The molecular formula is C16H17N5O7. The molecule has 4 rings (SSSR count). The molecule has 28 heavy (non-hydrogen) atoms. The van der Waals surface area contributed by atoms with Gasteiger partial charge in [-0.3, -0.25) is 0 Å². The van der Waals surface area contributed by atoms with E-state index in [1.165, 1.54) is 6.20 Å². The van der Waals surface area contributed by atoms with Gasteiger partial charge in [-0.15, -0.1) is 15.3 Å². The van der Waals surface area contributed by atoms with Crippen molar-refractivity contribution in [3.8, 4) is 23.0 Å². The van der Waals surface area contributed by atoms with E-state index in [9.17, 15) is 20.4 Å². The SMILES string of the molecule is OC[C@H]1O[C@@H](On2cc(-c3nnc(-c4ccccc4)o3)nn2)[C@H](O)[C@@H](O)[C@@H]1O. The van der Waals surface area contributed by atoms with E-state index in [1.54, 1.807) is 0 Å². The van der Waals surface area contributed by atoms with Crippen molar-refractivity contribution in [1.29, 1.82) is 0 Å². The molecule has 1 aliphatic heterocycles. The number of aliphatic hydroxyl groups is 4. The first-order valence-corrected chi connectivity index (χ1v) is 8.36. The van der Waals surface area contributed by atoms with Crippen LogP contribution in [0.4, 0.5) is 0 Å². The average molecular weight is 391 g/mol. The highest BCUT2D eigenvalue weighted by atomic mass is 16.8. The maximum Gasteiger partial charge on any atom is 0.270 e. The Balaban J connectivity index is 1.48. The van der Waals surface area contributed by atoms with Crippen LogP contribution in [-0.2, 0) is 4.74 Å². The van der Waals surface area contributed by atoms with E-state index in [0.717, 1.165) is 10.4 Å². The lowest BCUT2D eigenvalue weighted by molar-refractivity contribution is -0.303. The predicted molar refractivity (Wildman–Crippen MR) is 89.1 cm³/mol. The highest BCUT2D eigenvalue weighted by Crippen LogP contribution is 2.23. The summed E-state index contributed by atoms with van der Waals surface area (Å²) in [5.41, 5.74) is 0.950. The van der Waals surface area contributed by atoms with Crippen LogP contribution in [0, 0.1) is 0 Å². The lowest BCUT2D eigenvalue weighted by atomic mass is 9.99. The number of ether oxygens (including phenoxy) is 1. The van der Waals surface area contributed by atoms with Crippen molar-refractivity contribution in [2.75, 3.05) is 6.61 Å². The number of hydrogen-bond acceptors (Lipinski definition) is 11. The summed E-state index contributed by atoms with van der Waals surface area (Å²) in [7, 11) is 0. The molecule has 0 aliphatic carbocycles. The van der Waals surface area contributed by atoms with Crippen molar-refractivity contribution in [3.63, 3.8) is 0 Å². The minimum absolute atomic E-state index is 0.0995. The van der Waals surface area contributed by atoms with Gasteiger partial charge < -0.3 is 34.4 Å². The van der Waals surface area contributed by atoms with Crippen LogP contribution in [0.3, 0.4) is 0 Å². The molecule has 4 N–H and O–H groups in total. The molecule has 0 spiro atoms. The van der Waals surface area contributed by atoms with Crippen molar-refractivity contribution in [2.24, 2.45) is 0 Å². The molecule has 2 aromatic heterocycles. The fourth-order valence-electron chi connectivity index (χ4n) is 2.68. The number of aromatic nitrogens is 5. The summed E-state index contributed by atoms with van der Waals surface area (Å²) in [6.45, 7) is -0.572. The van der Waals surface area contributed by atoms with Crippen LogP contribution in [0.25, 0.3) is 23.0 Å². The van der Waals surface area contributed by atoms with E-state index in [2.05, 4.69) is 20.5 Å². The topological polar surface area (TPSA) is 169 Å². The third-order valence-corrected chi connectivity index (χ3v) is 4.20. The average Bonchev–Trinajstić information content (AvgIpc) is 3.38. The molecule has 1 aliphatic rings. The molecule has 0 radical (unpaired) electrons. The van der Waals surface area contributed by atoms with Crippen LogP contribution in [0.1, 0.15) is 0 Å². The molecule has 148 valence electrons. The van der Waals surface area contributed by atoms with Gasteiger partial charge in [0.1, 0.15) is 30.6 Å². The molecule has 12 nitrogen and oxygen atoms in total. The normalized spacial score (nSPS) is 27.6. The predicted octanol–water partition coefficient (Wildman–Crippen LogP) is -1.78. The highest BCUT2D eigenvalue weighted by Gasteiger charge is 2.45. The monoisotopic (exact) mass is 391 g/mol. The number of nitrogens with zero attached hydrogens (tertiary/aromatic N) is 5. The number of rotatable bonds is 5. The zero-order chi connectivity index (χ0) is 19.7. The summed E-state index contributed by atoms with van der Waals surface area (Å²) in [4.78, 5) is 6.19. The molecule has 12 heteroatoms.